The molecule has 0 saturated heterocycles. The number of esters is 1. The molecule has 1 amide bonds. The molecule has 0 aliphatic carbocycles. The minimum atomic E-state index is -0.694. The van der Waals surface area contributed by atoms with Crippen molar-refractivity contribution in [2.24, 2.45) is 5.73 Å². The van der Waals surface area contributed by atoms with Gasteiger partial charge in [-0.3, -0.25) is 4.79 Å². The van der Waals surface area contributed by atoms with Crippen molar-refractivity contribution in [1.29, 1.82) is 0 Å². The molecule has 0 saturated carbocycles. The van der Waals surface area contributed by atoms with E-state index in [0.29, 0.717) is 10.5 Å². The second-order valence-electron chi connectivity index (χ2n) is 5.28. The zero-order valence-electron chi connectivity index (χ0n) is 13.6. The van der Waals surface area contributed by atoms with Crippen LogP contribution in [0.2, 0.25) is 0 Å². The predicted octanol–water partition coefficient (Wildman–Crippen LogP) is 3.10. The third kappa shape index (κ3) is 3.64. The molecule has 0 fully saturated rings. The number of hydrogen-bond acceptors (Lipinski definition) is 7. The molecular weight excluding hydrogens is 358 g/mol. The average molecular weight is 373 g/mol. The lowest BCUT2D eigenvalue weighted by Crippen LogP contribution is -2.21. The molecule has 2 heterocycles. The molecule has 0 unspecified atom stereocenters. The number of aromatic nitrogens is 2. The lowest BCUT2D eigenvalue weighted by molar-refractivity contribution is -0.121. The van der Waals surface area contributed by atoms with E-state index in [1.165, 1.54) is 23.0 Å². The van der Waals surface area contributed by atoms with Gasteiger partial charge in [-0.15, -0.1) is 11.3 Å². The SMILES string of the molecule is Cc1sc2ncnc(Sc3ccccc3C(=O)OCC(N)=O)c2c1C. The number of nitrogens with two attached hydrogens (primary N) is 1. The smallest absolute Gasteiger partial charge is 0.339 e. The molecule has 25 heavy (non-hydrogen) atoms. The largest absolute Gasteiger partial charge is 0.452 e. The van der Waals surface area contributed by atoms with E-state index in [1.54, 1.807) is 23.5 Å². The number of aryl methyl sites for hydroxylation is 2. The Morgan fingerprint density at radius 2 is 2.00 bits per heavy atom. The monoisotopic (exact) mass is 373 g/mol. The van der Waals surface area contributed by atoms with Crippen LogP contribution < -0.4 is 5.73 Å². The zero-order valence-corrected chi connectivity index (χ0v) is 15.2. The number of hydrogen-bond donors (Lipinski definition) is 1. The van der Waals surface area contributed by atoms with Gasteiger partial charge in [-0.2, -0.15) is 0 Å². The van der Waals surface area contributed by atoms with Crippen LogP contribution >= 0.6 is 23.1 Å². The molecule has 6 nitrogen and oxygen atoms in total. The van der Waals surface area contributed by atoms with E-state index in [4.69, 9.17) is 10.5 Å². The number of carbonyl (C=O) groups excluding carboxylic acids is 2. The Morgan fingerprint density at radius 1 is 1.24 bits per heavy atom. The fourth-order valence-electron chi connectivity index (χ4n) is 2.27. The third-order valence-electron chi connectivity index (χ3n) is 3.59. The fraction of sp³-hybridized carbons (Fsp3) is 0.176. The van der Waals surface area contributed by atoms with Crippen molar-refractivity contribution in [3.8, 4) is 0 Å². The fourth-order valence-corrected chi connectivity index (χ4v) is 4.40. The number of thiophene rings is 1. The molecule has 3 aromatic rings. The van der Waals surface area contributed by atoms with Crippen LogP contribution in [0.5, 0.6) is 0 Å². The number of fused-ring (bicyclic) bond motifs is 1. The molecule has 128 valence electrons. The summed E-state index contributed by atoms with van der Waals surface area (Å²) in [5.41, 5.74) is 6.53. The normalized spacial score (nSPS) is 10.8. The van der Waals surface area contributed by atoms with Crippen molar-refractivity contribution in [2.75, 3.05) is 6.61 Å². The Bertz CT molecular complexity index is 969. The Balaban J connectivity index is 1.97. The topological polar surface area (TPSA) is 95.2 Å². The highest BCUT2D eigenvalue weighted by Crippen LogP contribution is 2.38. The van der Waals surface area contributed by atoms with Gasteiger partial charge in [0.15, 0.2) is 6.61 Å². The maximum absolute atomic E-state index is 12.2. The van der Waals surface area contributed by atoms with Gasteiger partial charge in [0.1, 0.15) is 16.2 Å². The molecule has 1 aromatic carbocycles. The standard InChI is InChI=1S/C17H15N3O3S2/c1-9-10(2)24-15-14(9)16(20-8-19-15)25-12-6-4-3-5-11(12)17(22)23-7-13(18)21/h3-6,8H,7H2,1-2H3,(H2,18,21). The Morgan fingerprint density at radius 3 is 2.76 bits per heavy atom. The van der Waals surface area contributed by atoms with Crippen molar-refractivity contribution < 1.29 is 14.3 Å². The molecule has 0 bridgehead atoms. The van der Waals surface area contributed by atoms with Gasteiger partial charge >= 0.3 is 5.97 Å². The van der Waals surface area contributed by atoms with Crippen molar-refractivity contribution in [1.82, 2.24) is 9.97 Å². The van der Waals surface area contributed by atoms with Crippen LogP contribution in [0.1, 0.15) is 20.8 Å². The molecular formula is C17H15N3O3S2. The van der Waals surface area contributed by atoms with Gasteiger partial charge in [0.25, 0.3) is 5.91 Å². The lowest BCUT2D eigenvalue weighted by Gasteiger charge is -2.09. The van der Waals surface area contributed by atoms with Crippen LogP contribution in [0, 0.1) is 13.8 Å². The Labute approximate surface area is 152 Å². The Kier molecular flexibility index (Phi) is 5.00. The minimum absolute atomic E-state index is 0.366. The van der Waals surface area contributed by atoms with Crippen LogP contribution in [0.4, 0.5) is 0 Å². The number of carbonyl (C=O) groups is 2. The first-order valence-corrected chi connectivity index (χ1v) is 9.03. The van der Waals surface area contributed by atoms with E-state index in [0.717, 1.165) is 20.8 Å². The first-order chi connectivity index (χ1) is 12.0. The molecule has 8 heteroatoms. The highest BCUT2D eigenvalue weighted by atomic mass is 32.2. The first kappa shape index (κ1) is 17.4. The molecule has 2 N–H and O–H groups in total. The van der Waals surface area contributed by atoms with Gasteiger partial charge in [0.2, 0.25) is 0 Å². The summed E-state index contributed by atoms with van der Waals surface area (Å²) in [6.07, 6.45) is 1.52. The number of ether oxygens (including phenoxy) is 1. The summed E-state index contributed by atoms with van der Waals surface area (Å²) in [5, 5.41) is 1.78. The van der Waals surface area contributed by atoms with E-state index in [1.807, 2.05) is 26.0 Å². The van der Waals surface area contributed by atoms with Crippen LogP contribution in [0.15, 0.2) is 40.5 Å². The second-order valence-corrected chi connectivity index (χ2v) is 7.52. The van der Waals surface area contributed by atoms with Gasteiger partial charge in [-0.1, -0.05) is 23.9 Å². The summed E-state index contributed by atoms with van der Waals surface area (Å²) < 4.78 is 4.93. The number of amides is 1. The van der Waals surface area contributed by atoms with Gasteiger partial charge in [0.05, 0.1) is 5.56 Å². The summed E-state index contributed by atoms with van der Waals surface area (Å²) in [6.45, 7) is 3.64. The van der Waals surface area contributed by atoms with Gasteiger partial charge < -0.3 is 10.5 Å². The van der Waals surface area contributed by atoms with E-state index >= 15 is 0 Å². The number of nitrogens with zero attached hydrogens (tertiary/aromatic N) is 2. The maximum atomic E-state index is 12.2. The highest BCUT2D eigenvalue weighted by molar-refractivity contribution is 7.99. The van der Waals surface area contributed by atoms with E-state index < -0.39 is 18.5 Å². The minimum Gasteiger partial charge on any atom is -0.452 e. The molecule has 0 radical (unpaired) electrons. The van der Waals surface area contributed by atoms with Crippen molar-refractivity contribution in [3.05, 3.63) is 46.6 Å². The lowest BCUT2D eigenvalue weighted by atomic mass is 10.2. The van der Waals surface area contributed by atoms with E-state index in [2.05, 4.69) is 9.97 Å². The van der Waals surface area contributed by atoms with Crippen molar-refractivity contribution in [3.63, 3.8) is 0 Å². The Hall–Kier alpha value is -2.45. The highest BCUT2D eigenvalue weighted by Gasteiger charge is 2.18. The molecule has 2 aromatic heterocycles. The summed E-state index contributed by atoms with van der Waals surface area (Å²) in [4.78, 5) is 34.5. The molecule has 0 aliphatic heterocycles. The van der Waals surface area contributed by atoms with Crippen LogP contribution in [0.3, 0.4) is 0 Å². The van der Waals surface area contributed by atoms with Crippen LogP contribution in [-0.4, -0.2) is 28.5 Å². The van der Waals surface area contributed by atoms with E-state index in [-0.39, 0.29) is 0 Å². The van der Waals surface area contributed by atoms with Crippen LogP contribution in [-0.2, 0) is 9.53 Å². The average Bonchev–Trinajstić information content (AvgIpc) is 2.88. The number of benzene rings is 1. The van der Waals surface area contributed by atoms with Gasteiger partial charge in [-0.25, -0.2) is 14.8 Å². The zero-order chi connectivity index (χ0) is 18.0. The van der Waals surface area contributed by atoms with Crippen molar-refractivity contribution in [2.45, 2.75) is 23.8 Å². The molecule has 0 aliphatic rings. The molecule has 3 rings (SSSR count). The number of primary amides is 1. The molecule has 0 spiro atoms. The van der Waals surface area contributed by atoms with Gasteiger partial charge in [0, 0.05) is 15.2 Å². The summed E-state index contributed by atoms with van der Waals surface area (Å²) in [7, 11) is 0. The second kappa shape index (κ2) is 7.20. The van der Waals surface area contributed by atoms with Crippen LogP contribution in [0.25, 0.3) is 10.2 Å². The van der Waals surface area contributed by atoms with Crippen molar-refractivity contribution >= 4 is 45.2 Å². The summed E-state index contributed by atoms with van der Waals surface area (Å²) >= 11 is 2.99. The molecule has 0 atom stereocenters. The maximum Gasteiger partial charge on any atom is 0.339 e. The van der Waals surface area contributed by atoms with E-state index in [9.17, 15) is 9.59 Å². The van der Waals surface area contributed by atoms with Gasteiger partial charge in [-0.05, 0) is 31.5 Å². The summed E-state index contributed by atoms with van der Waals surface area (Å²) in [6, 6.07) is 7.03. The third-order valence-corrected chi connectivity index (χ3v) is 5.78. The quantitative estimate of drug-likeness (QED) is 0.545. The first-order valence-electron chi connectivity index (χ1n) is 7.40. The predicted molar refractivity (Wildman–Crippen MR) is 96.9 cm³/mol. The number of rotatable bonds is 5. The summed E-state index contributed by atoms with van der Waals surface area (Å²) in [5.74, 6) is -1.29.